The van der Waals surface area contributed by atoms with Gasteiger partial charge in [-0.05, 0) is 20.3 Å². The molecule has 0 aliphatic heterocycles. The van der Waals surface area contributed by atoms with E-state index in [1.807, 2.05) is 0 Å². The fourth-order valence-corrected chi connectivity index (χ4v) is 1.84. The number of halogens is 1. The summed E-state index contributed by atoms with van der Waals surface area (Å²) in [6.45, 7) is 3.47. The maximum Gasteiger partial charge on any atom is 0.139 e. The summed E-state index contributed by atoms with van der Waals surface area (Å²) in [5.41, 5.74) is 1.22. The van der Waals surface area contributed by atoms with Crippen LogP contribution in [0.25, 0.3) is 0 Å². The molecule has 0 aliphatic carbocycles. The highest BCUT2D eigenvalue weighted by molar-refractivity contribution is 9.09. The number of alkyl halides is 1. The lowest BCUT2D eigenvalue weighted by molar-refractivity contribution is 0.0162. The Morgan fingerprint density at radius 2 is 2.07 bits per heavy atom. The molecule has 80 valence electrons. The van der Waals surface area contributed by atoms with Gasteiger partial charge in [0.05, 0.1) is 11.8 Å². The van der Waals surface area contributed by atoms with Gasteiger partial charge in [0, 0.05) is 10.9 Å². The van der Waals surface area contributed by atoms with E-state index in [-0.39, 0.29) is 0 Å². The van der Waals surface area contributed by atoms with Crippen molar-refractivity contribution in [3.8, 4) is 0 Å². The maximum atomic E-state index is 9.80. The molecule has 0 radical (unpaired) electrons. The van der Waals surface area contributed by atoms with Crippen LogP contribution in [-0.2, 0) is 0 Å². The van der Waals surface area contributed by atoms with Crippen molar-refractivity contribution in [2.45, 2.75) is 32.5 Å². The minimum absolute atomic E-state index is 0.491. The van der Waals surface area contributed by atoms with Crippen LogP contribution in [0.4, 0.5) is 0 Å². The summed E-state index contributed by atoms with van der Waals surface area (Å²) in [5.74, 6) is 0.559. The predicted molar refractivity (Wildman–Crippen MR) is 55.4 cm³/mol. The molecular weight excluding hydrogens is 250 g/mol. The standard InChI is InChI=1S/C9H14BrNO3/c1-5-8(6(2)14-11-5)9(13)7(12)3-4-10/h7,9,12-13H,3-4H2,1-2H3. The number of aromatic nitrogens is 1. The summed E-state index contributed by atoms with van der Waals surface area (Å²) in [6.07, 6.45) is -1.21. The monoisotopic (exact) mass is 263 g/mol. The first kappa shape index (κ1) is 11.7. The van der Waals surface area contributed by atoms with Gasteiger partial charge in [-0.2, -0.15) is 0 Å². The lowest BCUT2D eigenvalue weighted by Crippen LogP contribution is -2.19. The van der Waals surface area contributed by atoms with Crippen LogP contribution in [0.15, 0.2) is 4.52 Å². The Balaban J connectivity index is 2.82. The van der Waals surface area contributed by atoms with Gasteiger partial charge in [0.25, 0.3) is 0 Å². The highest BCUT2D eigenvalue weighted by atomic mass is 79.9. The average molecular weight is 264 g/mol. The molecule has 4 nitrogen and oxygen atoms in total. The number of rotatable bonds is 4. The largest absolute Gasteiger partial charge is 0.390 e. The van der Waals surface area contributed by atoms with E-state index in [2.05, 4.69) is 21.1 Å². The van der Waals surface area contributed by atoms with E-state index in [9.17, 15) is 10.2 Å². The van der Waals surface area contributed by atoms with E-state index < -0.39 is 12.2 Å². The highest BCUT2D eigenvalue weighted by Crippen LogP contribution is 2.25. The van der Waals surface area contributed by atoms with E-state index in [4.69, 9.17) is 4.52 Å². The number of aryl methyl sites for hydroxylation is 2. The van der Waals surface area contributed by atoms with E-state index in [1.54, 1.807) is 13.8 Å². The Labute approximate surface area is 91.0 Å². The quantitative estimate of drug-likeness (QED) is 0.808. The molecule has 2 atom stereocenters. The van der Waals surface area contributed by atoms with Crippen molar-refractivity contribution in [3.05, 3.63) is 17.0 Å². The fourth-order valence-electron chi connectivity index (χ4n) is 1.37. The minimum atomic E-state index is -0.918. The molecule has 1 aromatic rings. The fraction of sp³-hybridized carbons (Fsp3) is 0.667. The number of hydrogen-bond donors (Lipinski definition) is 2. The molecule has 2 unspecified atom stereocenters. The predicted octanol–water partition coefficient (Wildman–Crippen LogP) is 1.47. The summed E-state index contributed by atoms with van der Waals surface area (Å²) in [4.78, 5) is 0. The molecule has 0 amide bonds. The first-order valence-corrected chi connectivity index (χ1v) is 5.55. The van der Waals surface area contributed by atoms with Crippen LogP contribution >= 0.6 is 15.9 Å². The van der Waals surface area contributed by atoms with Gasteiger partial charge < -0.3 is 14.7 Å². The minimum Gasteiger partial charge on any atom is -0.390 e. The summed E-state index contributed by atoms with van der Waals surface area (Å²) in [5, 5.41) is 23.8. The number of hydrogen-bond acceptors (Lipinski definition) is 4. The van der Waals surface area contributed by atoms with Gasteiger partial charge in [0.15, 0.2) is 0 Å². The second kappa shape index (κ2) is 4.91. The van der Waals surface area contributed by atoms with Crippen molar-refractivity contribution in [2.75, 3.05) is 5.33 Å². The third kappa shape index (κ3) is 2.34. The van der Waals surface area contributed by atoms with E-state index >= 15 is 0 Å². The highest BCUT2D eigenvalue weighted by Gasteiger charge is 2.24. The normalized spacial score (nSPS) is 15.5. The lowest BCUT2D eigenvalue weighted by Gasteiger charge is -2.16. The Hall–Kier alpha value is -0.390. The van der Waals surface area contributed by atoms with Crippen molar-refractivity contribution in [2.24, 2.45) is 0 Å². The Bertz CT molecular complexity index is 281. The average Bonchev–Trinajstić information content (AvgIpc) is 2.46. The molecule has 0 saturated carbocycles. The van der Waals surface area contributed by atoms with Crippen LogP contribution in [0.3, 0.4) is 0 Å². The molecule has 0 fully saturated rings. The molecule has 0 aliphatic rings. The van der Waals surface area contributed by atoms with Crippen LogP contribution in [0.1, 0.15) is 29.5 Å². The smallest absolute Gasteiger partial charge is 0.139 e. The zero-order valence-electron chi connectivity index (χ0n) is 8.20. The van der Waals surface area contributed by atoms with Gasteiger partial charge in [-0.25, -0.2) is 0 Å². The topological polar surface area (TPSA) is 66.5 Å². The van der Waals surface area contributed by atoms with Gasteiger partial charge in [0.1, 0.15) is 11.9 Å². The Morgan fingerprint density at radius 3 is 2.50 bits per heavy atom. The van der Waals surface area contributed by atoms with Gasteiger partial charge in [-0.3, -0.25) is 0 Å². The van der Waals surface area contributed by atoms with Crippen LogP contribution < -0.4 is 0 Å². The van der Waals surface area contributed by atoms with Crippen molar-refractivity contribution < 1.29 is 14.7 Å². The van der Waals surface area contributed by atoms with Gasteiger partial charge in [0.2, 0.25) is 0 Å². The van der Waals surface area contributed by atoms with Gasteiger partial charge in [-0.1, -0.05) is 21.1 Å². The molecule has 2 N–H and O–H groups in total. The number of aliphatic hydroxyl groups is 2. The summed E-state index contributed by atoms with van der Waals surface area (Å²) in [6, 6.07) is 0. The van der Waals surface area contributed by atoms with Gasteiger partial charge in [-0.15, -0.1) is 0 Å². The second-order valence-electron chi connectivity index (χ2n) is 3.23. The Morgan fingerprint density at radius 1 is 1.43 bits per heavy atom. The summed E-state index contributed by atoms with van der Waals surface area (Å²) in [7, 11) is 0. The SMILES string of the molecule is Cc1noc(C)c1C(O)C(O)CCBr. The molecule has 5 heteroatoms. The van der Waals surface area contributed by atoms with Crippen molar-refractivity contribution in [1.82, 2.24) is 5.16 Å². The molecular formula is C9H14BrNO3. The van der Waals surface area contributed by atoms with Crippen LogP contribution in [0.5, 0.6) is 0 Å². The molecule has 1 aromatic heterocycles. The van der Waals surface area contributed by atoms with Crippen LogP contribution in [0.2, 0.25) is 0 Å². The summed E-state index contributed by atoms with van der Waals surface area (Å²) < 4.78 is 4.91. The number of nitrogens with zero attached hydrogens (tertiary/aromatic N) is 1. The first-order chi connectivity index (χ1) is 6.57. The second-order valence-corrected chi connectivity index (χ2v) is 4.02. The number of aliphatic hydroxyl groups excluding tert-OH is 2. The van der Waals surface area contributed by atoms with Crippen molar-refractivity contribution in [1.29, 1.82) is 0 Å². The molecule has 0 spiro atoms. The van der Waals surface area contributed by atoms with Crippen LogP contribution in [-0.4, -0.2) is 26.8 Å². The molecule has 14 heavy (non-hydrogen) atoms. The third-order valence-corrected chi connectivity index (χ3v) is 2.61. The molecule has 1 heterocycles. The Kier molecular flexibility index (Phi) is 4.10. The van der Waals surface area contributed by atoms with Gasteiger partial charge >= 0.3 is 0 Å². The maximum absolute atomic E-state index is 9.80. The summed E-state index contributed by atoms with van der Waals surface area (Å²) >= 11 is 3.21. The third-order valence-electron chi connectivity index (χ3n) is 2.15. The van der Waals surface area contributed by atoms with Crippen molar-refractivity contribution in [3.63, 3.8) is 0 Å². The molecule has 0 bridgehead atoms. The molecule has 0 aromatic carbocycles. The van der Waals surface area contributed by atoms with E-state index in [0.29, 0.717) is 28.8 Å². The molecule has 0 saturated heterocycles. The molecule has 1 rings (SSSR count). The van der Waals surface area contributed by atoms with E-state index in [0.717, 1.165) is 0 Å². The zero-order chi connectivity index (χ0) is 10.7. The van der Waals surface area contributed by atoms with Crippen molar-refractivity contribution >= 4 is 15.9 Å². The van der Waals surface area contributed by atoms with E-state index in [1.165, 1.54) is 0 Å². The zero-order valence-corrected chi connectivity index (χ0v) is 9.78. The first-order valence-electron chi connectivity index (χ1n) is 4.42. The van der Waals surface area contributed by atoms with Crippen LogP contribution in [0, 0.1) is 13.8 Å². The lowest BCUT2D eigenvalue weighted by atomic mass is 10.0.